The van der Waals surface area contributed by atoms with Crippen LogP contribution in [0.1, 0.15) is 26.4 Å². The van der Waals surface area contributed by atoms with E-state index >= 15 is 0 Å². The third kappa shape index (κ3) is 6.83. The molecule has 2 amide bonds. The minimum Gasteiger partial charge on any atom is -0.478 e. The molecule has 220 valence electrons. The molecular weight excluding hydrogens is 630 g/mol. The minimum absolute atomic E-state index is 0.00508. The molecule has 1 fully saturated rings. The van der Waals surface area contributed by atoms with Gasteiger partial charge in [-0.05, 0) is 71.1 Å². The summed E-state index contributed by atoms with van der Waals surface area (Å²) in [5, 5.41) is 22.7. The van der Waals surface area contributed by atoms with Gasteiger partial charge in [-0.2, -0.15) is 26.3 Å². The molecule has 2 heterocycles. The summed E-state index contributed by atoms with van der Waals surface area (Å²) in [6, 6.07) is 6.20. The number of carboxylic acid groups (broad SMARTS) is 1. The van der Waals surface area contributed by atoms with Crippen molar-refractivity contribution in [2.75, 3.05) is 11.9 Å². The quantitative estimate of drug-likeness (QED) is 0.156. The number of rotatable bonds is 7. The number of carbonyl (C=O) groups is 3. The highest BCUT2D eigenvalue weighted by atomic mass is 32.2. The van der Waals surface area contributed by atoms with E-state index in [1.807, 2.05) is 0 Å². The second-order valence-electron chi connectivity index (χ2n) is 8.65. The van der Waals surface area contributed by atoms with Gasteiger partial charge >= 0.3 is 18.3 Å². The van der Waals surface area contributed by atoms with Gasteiger partial charge in [0.15, 0.2) is 0 Å². The van der Waals surface area contributed by atoms with E-state index in [1.165, 1.54) is 41.8 Å². The smallest absolute Gasteiger partial charge is 0.416 e. The van der Waals surface area contributed by atoms with Crippen LogP contribution < -0.4 is 5.32 Å². The lowest BCUT2D eigenvalue weighted by Gasteiger charge is -2.24. The highest BCUT2D eigenvalue weighted by Crippen LogP contribution is 2.40. The maximum atomic E-state index is 13.3. The van der Waals surface area contributed by atoms with Crippen LogP contribution in [0.15, 0.2) is 58.8 Å². The van der Waals surface area contributed by atoms with Crippen LogP contribution >= 0.6 is 35.3 Å². The molecule has 0 spiro atoms. The average molecular weight is 647 g/mol. The van der Waals surface area contributed by atoms with Crippen molar-refractivity contribution in [3.63, 3.8) is 0 Å². The van der Waals surface area contributed by atoms with Crippen molar-refractivity contribution in [2.24, 2.45) is 0 Å². The topological polar surface area (TPSA) is 107 Å². The first kappa shape index (κ1) is 31.2. The Morgan fingerprint density at radius 2 is 1.57 bits per heavy atom. The second kappa shape index (κ2) is 11.9. The van der Waals surface area contributed by atoms with E-state index in [2.05, 4.69) is 5.32 Å². The first-order valence-corrected chi connectivity index (χ1v) is 13.6. The van der Waals surface area contributed by atoms with Crippen LogP contribution in [0.4, 0.5) is 32.0 Å². The van der Waals surface area contributed by atoms with Crippen LogP contribution in [0.2, 0.25) is 0 Å². The van der Waals surface area contributed by atoms with E-state index in [-0.39, 0.29) is 37.7 Å². The number of nitrogens with zero attached hydrogens (tertiary/aromatic N) is 1. The Labute approximate surface area is 246 Å². The van der Waals surface area contributed by atoms with Crippen LogP contribution in [0.5, 0.6) is 0 Å². The molecule has 0 saturated carbocycles. The summed E-state index contributed by atoms with van der Waals surface area (Å²) in [5.41, 5.74) is -3.04. The number of carbonyl (C=O) groups excluding carboxylic acids is 2. The molecule has 2 aromatic carbocycles. The van der Waals surface area contributed by atoms with Gasteiger partial charge in [-0.1, -0.05) is 24.0 Å². The SMILES string of the molecule is O=C(O)c1ccc(NC(=O)[C@H](CO)N2C(=O)/C(=C/c3cc(-c4cc(C(F)(F)F)cc(C(F)(F)F)c4)cs3)SC2=S)cc1. The van der Waals surface area contributed by atoms with E-state index < -0.39 is 53.9 Å². The predicted molar refractivity (Wildman–Crippen MR) is 148 cm³/mol. The Kier molecular flexibility index (Phi) is 8.82. The molecule has 0 bridgehead atoms. The average Bonchev–Trinajstić information content (AvgIpc) is 3.48. The Bertz CT molecular complexity index is 1570. The number of hydrogen-bond acceptors (Lipinski definition) is 7. The third-order valence-corrected chi connectivity index (χ3v) is 8.03. The number of aliphatic hydroxyl groups is 1. The molecule has 7 nitrogen and oxygen atoms in total. The maximum absolute atomic E-state index is 13.3. The first-order valence-electron chi connectivity index (χ1n) is 11.5. The number of aromatic carboxylic acids is 1. The van der Waals surface area contributed by atoms with Gasteiger partial charge < -0.3 is 15.5 Å². The summed E-state index contributed by atoms with van der Waals surface area (Å²) >= 11 is 6.96. The van der Waals surface area contributed by atoms with E-state index in [0.29, 0.717) is 17.0 Å². The molecule has 0 radical (unpaired) electrons. The fraction of sp³-hybridized carbons (Fsp3) is 0.154. The zero-order chi connectivity index (χ0) is 31.0. The summed E-state index contributed by atoms with van der Waals surface area (Å²) in [4.78, 5) is 38.2. The fourth-order valence-corrected chi connectivity index (χ4v) is 6.05. The van der Waals surface area contributed by atoms with Crippen molar-refractivity contribution in [1.29, 1.82) is 0 Å². The molecule has 0 unspecified atom stereocenters. The van der Waals surface area contributed by atoms with Crippen LogP contribution in [-0.2, 0) is 21.9 Å². The first-order chi connectivity index (χ1) is 19.6. The fourth-order valence-electron chi connectivity index (χ4n) is 3.78. The monoisotopic (exact) mass is 646 g/mol. The van der Waals surface area contributed by atoms with Gasteiger partial charge in [0.2, 0.25) is 5.91 Å². The number of carboxylic acids is 1. The molecule has 4 rings (SSSR count). The van der Waals surface area contributed by atoms with Gasteiger partial charge in [-0.3, -0.25) is 14.5 Å². The molecule has 1 saturated heterocycles. The summed E-state index contributed by atoms with van der Waals surface area (Å²) in [7, 11) is 0. The zero-order valence-corrected chi connectivity index (χ0v) is 23.1. The van der Waals surface area contributed by atoms with Crippen molar-refractivity contribution in [2.45, 2.75) is 18.4 Å². The van der Waals surface area contributed by atoms with Crippen molar-refractivity contribution in [1.82, 2.24) is 4.90 Å². The minimum atomic E-state index is -5.01. The van der Waals surface area contributed by atoms with Crippen molar-refractivity contribution >= 4 is 69.2 Å². The molecule has 1 aliphatic heterocycles. The summed E-state index contributed by atoms with van der Waals surface area (Å²) in [5.74, 6) is -2.75. The van der Waals surface area contributed by atoms with Gasteiger partial charge in [-0.25, -0.2) is 4.79 Å². The van der Waals surface area contributed by atoms with Gasteiger partial charge in [0.05, 0.1) is 28.2 Å². The number of hydrogen-bond donors (Lipinski definition) is 3. The van der Waals surface area contributed by atoms with Crippen molar-refractivity contribution in [3.05, 3.63) is 80.4 Å². The number of amides is 2. The molecule has 1 aromatic heterocycles. The number of aliphatic hydroxyl groups excluding tert-OH is 1. The Balaban J connectivity index is 1.56. The number of anilines is 1. The van der Waals surface area contributed by atoms with Gasteiger partial charge in [0.1, 0.15) is 10.4 Å². The van der Waals surface area contributed by atoms with Crippen molar-refractivity contribution < 1.29 is 50.9 Å². The molecule has 1 atom stereocenters. The number of thiophene rings is 1. The number of halogens is 6. The van der Waals surface area contributed by atoms with E-state index in [0.717, 1.165) is 28.0 Å². The molecule has 3 N–H and O–H groups in total. The van der Waals surface area contributed by atoms with Gasteiger partial charge in [0, 0.05) is 10.6 Å². The van der Waals surface area contributed by atoms with Crippen LogP contribution in [0.25, 0.3) is 17.2 Å². The molecule has 3 aromatic rings. The van der Waals surface area contributed by atoms with Gasteiger partial charge in [0.25, 0.3) is 5.91 Å². The highest BCUT2D eigenvalue weighted by molar-refractivity contribution is 8.26. The Hall–Kier alpha value is -3.73. The van der Waals surface area contributed by atoms with Gasteiger partial charge in [-0.15, -0.1) is 11.3 Å². The Morgan fingerprint density at radius 1 is 0.976 bits per heavy atom. The van der Waals surface area contributed by atoms with Crippen LogP contribution in [0, 0.1) is 0 Å². The summed E-state index contributed by atoms with van der Waals surface area (Å²) < 4.78 is 79.5. The predicted octanol–water partition coefficient (Wildman–Crippen LogP) is 6.35. The molecule has 16 heteroatoms. The standard InChI is InChI=1S/C26H16F6N2O5S3/c27-25(28,29)15-5-13(6-16(8-15)26(30,31)32)14-7-18(41-11-14)9-20-22(37)34(24(40)42-20)19(10-35)21(36)33-17-3-1-12(2-4-17)23(38)39/h1-9,11,19,35H,10H2,(H,33,36)(H,38,39)/b20-9-/t19-/m0/s1. The number of thioether (sulfide) groups is 1. The lowest BCUT2D eigenvalue weighted by molar-refractivity contribution is -0.143. The zero-order valence-electron chi connectivity index (χ0n) is 20.6. The highest BCUT2D eigenvalue weighted by Gasteiger charge is 2.40. The lowest BCUT2D eigenvalue weighted by Crippen LogP contribution is -2.48. The number of nitrogens with one attached hydrogen (secondary N) is 1. The van der Waals surface area contributed by atoms with Crippen molar-refractivity contribution in [3.8, 4) is 11.1 Å². The third-order valence-electron chi connectivity index (χ3n) is 5.82. The van der Waals surface area contributed by atoms with E-state index in [4.69, 9.17) is 17.3 Å². The lowest BCUT2D eigenvalue weighted by atomic mass is 10.0. The normalized spacial score (nSPS) is 15.8. The second-order valence-corrected chi connectivity index (χ2v) is 11.3. The number of thiocarbonyl (C=S) groups is 1. The molecular formula is C26H16F6N2O5S3. The number of benzene rings is 2. The number of alkyl halides is 6. The molecule has 0 aliphatic carbocycles. The van der Waals surface area contributed by atoms with Crippen LogP contribution in [0.3, 0.4) is 0 Å². The van der Waals surface area contributed by atoms with E-state index in [1.54, 1.807) is 0 Å². The summed E-state index contributed by atoms with van der Waals surface area (Å²) in [6.07, 6.45) is -8.70. The van der Waals surface area contributed by atoms with E-state index in [9.17, 15) is 45.8 Å². The molecule has 42 heavy (non-hydrogen) atoms. The maximum Gasteiger partial charge on any atom is 0.416 e. The Morgan fingerprint density at radius 3 is 2.10 bits per heavy atom. The van der Waals surface area contributed by atoms with Crippen LogP contribution in [-0.4, -0.2) is 49.9 Å². The largest absolute Gasteiger partial charge is 0.478 e. The summed E-state index contributed by atoms with van der Waals surface area (Å²) in [6.45, 7) is -0.820. The molecule has 1 aliphatic rings.